The van der Waals surface area contributed by atoms with Gasteiger partial charge < -0.3 is 9.88 Å². The number of carbonyl (C=O) groups excluding carboxylic acids is 1. The number of aromatic nitrogens is 1. The Labute approximate surface area is 92.7 Å². The van der Waals surface area contributed by atoms with Gasteiger partial charge in [0.05, 0.1) is 0 Å². The maximum Gasteiger partial charge on any atom is 0.271 e. The molecule has 0 spiro atoms. The van der Waals surface area contributed by atoms with Gasteiger partial charge in [-0.25, -0.2) is 0 Å². The largest absolute Gasteiger partial charge is 0.327 e. The average molecular weight is 224 g/mol. The minimum atomic E-state index is -0.217. The number of hydrogen-bond acceptors (Lipinski definition) is 3. The normalized spacial score (nSPS) is 21.0. The van der Waals surface area contributed by atoms with Crippen molar-refractivity contribution in [3.05, 3.63) is 28.7 Å². The standard InChI is InChI=1S/C10H12N2O2S/c13-9-4-7(6-15)5-12(9)8-2-1-3-11-10(8)14/h1-3,7,15H,4-6H2,(H,11,14). The monoisotopic (exact) mass is 224 g/mol. The Kier molecular flexibility index (Phi) is 2.81. The highest BCUT2D eigenvalue weighted by Crippen LogP contribution is 2.22. The molecule has 80 valence electrons. The van der Waals surface area contributed by atoms with Crippen molar-refractivity contribution in [3.63, 3.8) is 0 Å². The Balaban J connectivity index is 2.29. The molecule has 1 atom stereocenters. The fraction of sp³-hybridized carbons (Fsp3) is 0.400. The van der Waals surface area contributed by atoms with Crippen LogP contribution in [0.1, 0.15) is 6.42 Å². The Bertz CT molecular complexity index is 429. The Morgan fingerprint density at radius 1 is 1.53 bits per heavy atom. The topological polar surface area (TPSA) is 53.2 Å². The summed E-state index contributed by atoms with van der Waals surface area (Å²) in [5.41, 5.74) is 0.220. The first kappa shape index (κ1) is 10.3. The molecule has 2 rings (SSSR count). The first-order valence-electron chi connectivity index (χ1n) is 4.81. The molecule has 1 aromatic heterocycles. The van der Waals surface area contributed by atoms with Gasteiger partial charge in [-0.05, 0) is 23.8 Å². The van der Waals surface area contributed by atoms with Crippen molar-refractivity contribution in [2.45, 2.75) is 6.42 Å². The number of anilines is 1. The number of amides is 1. The smallest absolute Gasteiger partial charge is 0.271 e. The van der Waals surface area contributed by atoms with Gasteiger partial charge in [0.1, 0.15) is 5.69 Å². The molecule has 1 aromatic rings. The molecule has 1 fully saturated rings. The lowest BCUT2D eigenvalue weighted by Gasteiger charge is -2.14. The Morgan fingerprint density at radius 2 is 2.33 bits per heavy atom. The van der Waals surface area contributed by atoms with E-state index < -0.39 is 0 Å². The second kappa shape index (κ2) is 4.10. The SMILES string of the molecule is O=C1CC(CS)CN1c1ccc[nH]c1=O. The van der Waals surface area contributed by atoms with Crippen LogP contribution in [-0.4, -0.2) is 23.2 Å². The number of thiol groups is 1. The predicted octanol–water partition coefficient (Wildman–Crippen LogP) is 0.658. The summed E-state index contributed by atoms with van der Waals surface area (Å²) >= 11 is 4.17. The zero-order valence-electron chi connectivity index (χ0n) is 8.14. The van der Waals surface area contributed by atoms with E-state index in [1.165, 1.54) is 0 Å². The third kappa shape index (κ3) is 1.92. The van der Waals surface area contributed by atoms with E-state index in [0.717, 1.165) is 0 Å². The van der Waals surface area contributed by atoms with Gasteiger partial charge in [0.2, 0.25) is 5.91 Å². The highest BCUT2D eigenvalue weighted by atomic mass is 32.1. The zero-order chi connectivity index (χ0) is 10.8. The summed E-state index contributed by atoms with van der Waals surface area (Å²) in [5, 5.41) is 0. The molecule has 1 N–H and O–H groups in total. The number of aromatic amines is 1. The molecular weight excluding hydrogens is 212 g/mol. The molecule has 4 nitrogen and oxygen atoms in total. The second-order valence-electron chi connectivity index (χ2n) is 3.64. The van der Waals surface area contributed by atoms with Crippen molar-refractivity contribution in [3.8, 4) is 0 Å². The summed E-state index contributed by atoms with van der Waals surface area (Å²) in [6, 6.07) is 3.38. The van der Waals surface area contributed by atoms with E-state index in [4.69, 9.17) is 0 Å². The van der Waals surface area contributed by atoms with Crippen molar-refractivity contribution in [1.82, 2.24) is 4.98 Å². The highest BCUT2D eigenvalue weighted by Gasteiger charge is 2.30. The van der Waals surface area contributed by atoms with E-state index in [-0.39, 0.29) is 17.4 Å². The van der Waals surface area contributed by atoms with Crippen molar-refractivity contribution < 1.29 is 4.79 Å². The van der Waals surface area contributed by atoms with E-state index in [2.05, 4.69) is 17.6 Å². The van der Waals surface area contributed by atoms with E-state index in [1.54, 1.807) is 23.2 Å². The number of hydrogen-bond donors (Lipinski definition) is 2. The van der Waals surface area contributed by atoms with Crippen molar-refractivity contribution in [1.29, 1.82) is 0 Å². The van der Waals surface area contributed by atoms with Gasteiger partial charge in [0, 0.05) is 19.2 Å². The minimum Gasteiger partial charge on any atom is -0.327 e. The lowest BCUT2D eigenvalue weighted by molar-refractivity contribution is -0.117. The molecule has 15 heavy (non-hydrogen) atoms. The fourth-order valence-electron chi connectivity index (χ4n) is 1.76. The number of pyridine rings is 1. The van der Waals surface area contributed by atoms with Crippen LogP contribution < -0.4 is 10.5 Å². The number of rotatable bonds is 2. The maximum atomic E-state index is 11.6. The van der Waals surface area contributed by atoms with Crippen LogP contribution in [0.2, 0.25) is 0 Å². The Hall–Kier alpha value is -1.23. The summed E-state index contributed by atoms with van der Waals surface area (Å²) in [7, 11) is 0. The van der Waals surface area contributed by atoms with Crippen LogP contribution in [0.15, 0.2) is 23.1 Å². The van der Waals surface area contributed by atoms with Crippen LogP contribution in [0.25, 0.3) is 0 Å². The molecule has 1 aliphatic rings. The zero-order valence-corrected chi connectivity index (χ0v) is 9.04. The number of nitrogens with one attached hydrogen (secondary N) is 1. The lowest BCUT2D eigenvalue weighted by atomic mass is 10.1. The molecule has 5 heteroatoms. The van der Waals surface area contributed by atoms with E-state index >= 15 is 0 Å². The van der Waals surface area contributed by atoms with E-state index in [9.17, 15) is 9.59 Å². The van der Waals surface area contributed by atoms with E-state index in [1.807, 2.05) is 0 Å². The van der Waals surface area contributed by atoms with Gasteiger partial charge in [-0.15, -0.1) is 0 Å². The molecular formula is C10H12N2O2S. The fourth-order valence-corrected chi connectivity index (χ4v) is 2.01. The predicted molar refractivity (Wildman–Crippen MR) is 61.4 cm³/mol. The molecule has 0 aliphatic carbocycles. The van der Waals surface area contributed by atoms with Crippen LogP contribution in [0, 0.1) is 5.92 Å². The summed E-state index contributed by atoms with van der Waals surface area (Å²) in [6.45, 7) is 0.593. The van der Waals surface area contributed by atoms with Crippen molar-refractivity contribution in [2.24, 2.45) is 5.92 Å². The third-order valence-electron chi connectivity index (χ3n) is 2.55. The lowest BCUT2D eigenvalue weighted by Crippen LogP contribution is -2.30. The number of H-pyrrole nitrogens is 1. The summed E-state index contributed by atoms with van der Waals surface area (Å²) in [5.74, 6) is 0.929. The van der Waals surface area contributed by atoms with Crippen LogP contribution in [0.5, 0.6) is 0 Å². The molecule has 1 unspecified atom stereocenters. The van der Waals surface area contributed by atoms with Gasteiger partial charge in [-0.1, -0.05) is 0 Å². The average Bonchev–Trinajstić information content (AvgIpc) is 2.60. The first-order chi connectivity index (χ1) is 7.22. The van der Waals surface area contributed by atoms with Gasteiger partial charge in [-0.3, -0.25) is 9.59 Å². The van der Waals surface area contributed by atoms with Gasteiger partial charge in [-0.2, -0.15) is 12.6 Å². The van der Waals surface area contributed by atoms with Crippen molar-refractivity contribution in [2.75, 3.05) is 17.2 Å². The summed E-state index contributed by atoms with van der Waals surface area (Å²) < 4.78 is 0. The molecule has 2 heterocycles. The third-order valence-corrected chi connectivity index (χ3v) is 3.07. The Morgan fingerprint density at radius 3 is 2.93 bits per heavy atom. The molecule has 1 saturated heterocycles. The quantitative estimate of drug-likeness (QED) is 0.725. The van der Waals surface area contributed by atoms with E-state index in [0.29, 0.717) is 24.4 Å². The number of carbonyl (C=O) groups is 1. The summed E-state index contributed by atoms with van der Waals surface area (Å²) in [6.07, 6.45) is 2.04. The van der Waals surface area contributed by atoms with Crippen LogP contribution in [0.4, 0.5) is 5.69 Å². The van der Waals surface area contributed by atoms with Gasteiger partial charge in [0.25, 0.3) is 5.56 Å². The molecule has 0 radical (unpaired) electrons. The van der Waals surface area contributed by atoms with Gasteiger partial charge in [0.15, 0.2) is 0 Å². The summed E-state index contributed by atoms with van der Waals surface area (Å²) in [4.78, 5) is 27.2. The first-order valence-corrected chi connectivity index (χ1v) is 5.44. The minimum absolute atomic E-state index is 0.00532. The molecule has 1 aliphatic heterocycles. The highest BCUT2D eigenvalue weighted by molar-refractivity contribution is 7.80. The van der Waals surface area contributed by atoms with Gasteiger partial charge >= 0.3 is 0 Å². The number of nitrogens with zero attached hydrogens (tertiary/aromatic N) is 1. The second-order valence-corrected chi connectivity index (χ2v) is 4.01. The van der Waals surface area contributed by atoms with Crippen LogP contribution in [-0.2, 0) is 4.79 Å². The molecule has 0 saturated carbocycles. The van der Waals surface area contributed by atoms with Crippen LogP contribution in [0.3, 0.4) is 0 Å². The van der Waals surface area contributed by atoms with Crippen molar-refractivity contribution >= 4 is 24.2 Å². The van der Waals surface area contributed by atoms with Crippen LogP contribution >= 0.6 is 12.6 Å². The maximum absolute atomic E-state index is 11.6. The molecule has 1 amide bonds. The molecule has 0 aromatic carbocycles. The molecule has 0 bridgehead atoms.